The molecule has 0 aliphatic heterocycles. The maximum Gasteiger partial charge on any atom is 0.339 e. The van der Waals surface area contributed by atoms with Crippen LogP contribution in [0, 0.1) is 0 Å². The van der Waals surface area contributed by atoms with Crippen LogP contribution >= 0.6 is 0 Å². The van der Waals surface area contributed by atoms with E-state index in [2.05, 4.69) is 0 Å². The lowest BCUT2D eigenvalue weighted by atomic mass is 10.1. The summed E-state index contributed by atoms with van der Waals surface area (Å²) >= 11 is 0. The summed E-state index contributed by atoms with van der Waals surface area (Å²) in [5.41, 5.74) is 9.34. The highest BCUT2D eigenvalue weighted by Crippen LogP contribution is 2.38. The summed E-state index contributed by atoms with van der Waals surface area (Å²) in [6, 6.07) is 0.934. The number of hydrogen-bond acceptors (Lipinski definition) is 5. The van der Waals surface area contributed by atoms with Gasteiger partial charge in [-0.05, 0) is 6.07 Å². The second-order valence-corrected chi connectivity index (χ2v) is 2.43. The van der Waals surface area contributed by atoms with E-state index in [9.17, 15) is 4.79 Å². The normalized spacial score (nSPS) is 9.85. The van der Waals surface area contributed by atoms with Crippen LogP contribution in [0.1, 0.15) is 10.4 Å². The number of anilines is 2. The average Bonchev–Trinajstić information content (AvgIpc) is 2.07. The summed E-state index contributed by atoms with van der Waals surface area (Å²) in [7, 11) is 0. The number of phenolic OH excluding ortho intramolecular Hbond substituents is 1. The average molecular weight is 184 g/mol. The SMILES string of the molecule is Nc1cc(C(=O)O)c(O)c(N)c1O. The van der Waals surface area contributed by atoms with Crippen molar-refractivity contribution in [2.75, 3.05) is 11.5 Å². The van der Waals surface area contributed by atoms with Crippen molar-refractivity contribution in [3.8, 4) is 11.5 Å². The second kappa shape index (κ2) is 2.74. The van der Waals surface area contributed by atoms with Crippen LogP contribution in [0.2, 0.25) is 0 Å². The Balaban J connectivity index is 3.50. The number of nitrogen functional groups attached to an aromatic ring is 2. The third-order valence-corrected chi connectivity index (χ3v) is 1.57. The van der Waals surface area contributed by atoms with Gasteiger partial charge in [0.1, 0.15) is 11.3 Å². The van der Waals surface area contributed by atoms with Crippen molar-refractivity contribution in [3.05, 3.63) is 11.6 Å². The van der Waals surface area contributed by atoms with Gasteiger partial charge >= 0.3 is 5.97 Å². The lowest BCUT2D eigenvalue weighted by molar-refractivity contribution is 0.0694. The number of phenols is 2. The van der Waals surface area contributed by atoms with E-state index >= 15 is 0 Å². The zero-order valence-corrected chi connectivity index (χ0v) is 6.48. The molecule has 0 aliphatic carbocycles. The number of hydrogen-bond donors (Lipinski definition) is 5. The van der Waals surface area contributed by atoms with Gasteiger partial charge in [-0.2, -0.15) is 0 Å². The molecule has 0 aliphatic rings. The Kier molecular flexibility index (Phi) is 1.89. The fourth-order valence-corrected chi connectivity index (χ4v) is 0.868. The summed E-state index contributed by atoms with van der Waals surface area (Å²) in [5.74, 6) is -2.56. The predicted molar refractivity (Wildman–Crippen MR) is 45.6 cm³/mol. The highest BCUT2D eigenvalue weighted by Gasteiger charge is 2.17. The molecule has 0 saturated heterocycles. The van der Waals surface area contributed by atoms with Crippen LogP contribution in [0.5, 0.6) is 11.5 Å². The Bertz CT molecular complexity index is 375. The van der Waals surface area contributed by atoms with E-state index in [0.717, 1.165) is 6.07 Å². The summed E-state index contributed by atoms with van der Waals surface area (Å²) < 4.78 is 0. The summed E-state index contributed by atoms with van der Waals surface area (Å²) in [6.45, 7) is 0. The molecule has 70 valence electrons. The van der Waals surface area contributed by atoms with E-state index in [1.807, 2.05) is 0 Å². The molecule has 1 aromatic rings. The first kappa shape index (κ1) is 8.98. The molecule has 13 heavy (non-hydrogen) atoms. The van der Waals surface area contributed by atoms with Gasteiger partial charge in [-0.25, -0.2) is 4.79 Å². The summed E-state index contributed by atoms with van der Waals surface area (Å²) in [5, 5.41) is 26.8. The zero-order chi connectivity index (χ0) is 10.2. The fraction of sp³-hybridized carbons (Fsp3) is 0. The highest BCUT2D eigenvalue weighted by atomic mass is 16.4. The number of aromatic carboxylic acids is 1. The van der Waals surface area contributed by atoms with E-state index in [-0.39, 0.29) is 5.69 Å². The third kappa shape index (κ3) is 1.28. The fourth-order valence-electron chi connectivity index (χ4n) is 0.868. The molecular formula is C7H8N2O4. The number of benzene rings is 1. The molecule has 6 nitrogen and oxygen atoms in total. The highest BCUT2D eigenvalue weighted by molar-refractivity contribution is 5.96. The number of carboxylic acid groups (broad SMARTS) is 1. The Hall–Kier alpha value is -2.11. The minimum Gasteiger partial charge on any atom is -0.505 e. The summed E-state index contributed by atoms with van der Waals surface area (Å²) in [6.07, 6.45) is 0. The standard InChI is InChI=1S/C7H8N2O4/c8-3-1-2(7(12)13)5(10)4(9)6(3)11/h1,10-11H,8-9H2,(H,12,13). The van der Waals surface area contributed by atoms with E-state index in [4.69, 9.17) is 26.8 Å². The van der Waals surface area contributed by atoms with Crippen molar-refractivity contribution in [2.24, 2.45) is 0 Å². The first-order valence-corrected chi connectivity index (χ1v) is 3.28. The van der Waals surface area contributed by atoms with Gasteiger partial charge < -0.3 is 26.8 Å². The Morgan fingerprint density at radius 2 is 1.77 bits per heavy atom. The molecule has 0 radical (unpaired) electrons. The Morgan fingerprint density at radius 3 is 2.23 bits per heavy atom. The molecule has 0 unspecified atom stereocenters. The van der Waals surface area contributed by atoms with Gasteiger partial charge in [0.25, 0.3) is 0 Å². The number of rotatable bonds is 1. The molecule has 0 aromatic heterocycles. The second-order valence-electron chi connectivity index (χ2n) is 2.43. The topological polar surface area (TPSA) is 130 Å². The van der Waals surface area contributed by atoms with Crippen LogP contribution in [0.25, 0.3) is 0 Å². The molecule has 0 saturated carbocycles. The molecule has 0 heterocycles. The van der Waals surface area contributed by atoms with E-state index < -0.39 is 28.7 Å². The molecule has 0 atom stereocenters. The molecule has 6 heteroatoms. The van der Waals surface area contributed by atoms with Gasteiger partial charge in [-0.3, -0.25) is 0 Å². The van der Waals surface area contributed by atoms with E-state index in [1.54, 1.807) is 0 Å². The van der Waals surface area contributed by atoms with Crippen LogP contribution in [0.4, 0.5) is 11.4 Å². The molecule has 0 amide bonds. The largest absolute Gasteiger partial charge is 0.505 e. The monoisotopic (exact) mass is 184 g/mol. The van der Waals surface area contributed by atoms with Crippen molar-refractivity contribution < 1.29 is 20.1 Å². The van der Waals surface area contributed by atoms with Crippen LogP contribution in [0.3, 0.4) is 0 Å². The van der Waals surface area contributed by atoms with Crippen LogP contribution in [-0.4, -0.2) is 21.3 Å². The van der Waals surface area contributed by atoms with Crippen LogP contribution in [0.15, 0.2) is 6.07 Å². The van der Waals surface area contributed by atoms with Gasteiger partial charge in [-0.1, -0.05) is 0 Å². The van der Waals surface area contributed by atoms with Gasteiger partial charge in [0.2, 0.25) is 0 Å². The zero-order valence-electron chi connectivity index (χ0n) is 6.48. The molecule has 0 fully saturated rings. The minimum atomic E-state index is -1.36. The quantitative estimate of drug-likeness (QED) is 0.236. The first-order valence-electron chi connectivity index (χ1n) is 3.28. The van der Waals surface area contributed by atoms with Crippen molar-refractivity contribution in [3.63, 3.8) is 0 Å². The van der Waals surface area contributed by atoms with Gasteiger partial charge in [-0.15, -0.1) is 0 Å². The van der Waals surface area contributed by atoms with Crippen LogP contribution < -0.4 is 11.5 Å². The van der Waals surface area contributed by atoms with E-state index in [1.165, 1.54) is 0 Å². The van der Waals surface area contributed by atoms with Crippen molar-refractivity contribution in [2.45, 2.75) is 0 Å². The predicted octanol–water partition coefficient (Wildman–Crippen LogP) is -0.0396. The molecule has 0 spiro atoms. The third-order valence-electron chi connectivity index (χ3n) is 1.57. The number of nitrogens with two attached hydrogens (primary N) is 2. The Morgan fingerprint density at radius 1 is 1.23 bits per heavy atom. The maximum atomic E-state index is 10.5. The van der Waals surface area contributed by atoms with Crippen molar-refractivity contribution >= 4 is 17.3 Å². The molecular weight excluding hydrogens is 176 g/mol. The maximum absolute atomic E-state index is 10.5. The number of carbonyl (C=O) groups is 1. The van der Waals surface area contributed by atoms with Gasteiger partial charge in [0, 0.05) is 0 Å². The summed E-state index contributed by atoms with van der Waals surface area (Å²) in [4.78, 5) is 10.5. The number of carboxylic acids is 1. The Labute approximate surface area is 73.0 Å². The van der Waals surface area contributed by atoms with Crippen molar-refractivity contribution in [1.29, 1.82) is 0 Å². The lowest BCUT2D eigenvalue weighted by Crippen LogP contribution is -2.02. The molecule has 0 bridgehead atoms. The molecule has 7 N–H and O–H groups in total. The van der Waals surface area contributed by atoms with E-state index in [0.29, 0.717) is 0 Å². The smallest absolute Gasteiger partial charge is 0.339 e. The first-order chi connectivity index (χ1) is 5.95. The molecule has 1 aromatic carbocycles. The number of aromatic hydroxyl groups is 2. The van der Waals surface area contributed by atoms with Crippen LogP contribution in [-0.2, 0) is 0 Å². The van der Waals surface area contributed by atoms with Gasteiger partial charge in [0.05, 0.1) is 5.69 Å². The molecule has 1 rings (SSSR count). The van der Waals surface area contributed by atoms with Gasteiger partial charge in [0.15, 0.2) is 11.5 Å². The lowest BCUT2D eigenvalue weighted by Gasteiger charge is -2.07. The van der Waals surface area contributed by atoms with Crippen molar-refractivity contribution in [1.82, 2.24) is 0 Å². The minimum absolute atomic E-state index is 0.187.